The first-order valence-corrected chi connectivity index (χ1v) is 6.12. The molecule has 1 fully saturated rings. The van der Waals surface area contributed by atoms with Crippen LogP contribution in [0.25, 0.3) is 0 Å². The first-order chi connectivity index (χ1) is 8.68. The molecule has 4 nitrogen and oxygen atoms in total. The minimum Gasteiger partial charge on any atom is -0.363 e. The quantitative estimate of drug-likeness (QED) is 0.858. The van der Waals surface area contributed by atoms with E-state index in [9.17, 15) is 9.18 Å². The largest absolute Gasteiger partial charge is 0.363 e. The number of anilines is 1. The normalized spacial score (nSPS) is 15.6. The maximum Gasteiger partial charge on any atom is 0.242 e. The van der Waals surface area contributed by atoms with Gasteiger partial charge in [0.15, 0.2) is 0 Å². The third-order valence-electron chi connectivity index (χ3n) is 3.11. The molecular formula is C13H18FN3O. The van der Waals surface area contributed by atoms with Gasteiger partial charge >= 0.3 is 0 Å². The maximum atomic E-state index is 13.6. The summed E-state index contributed by atoms with van der Waals surface area (Å²) in [7, 11) is 1.73. The average molecular weight is 251 g/mol. The van der Waals surface area contributed by atoms with Crippen molar-refractivity contribution in [3.63, 3.8) is 0 Å². The van der Waals surface area contributed by atoms with Gasteiger partial charge in [0.1, 0.15) is 5.82 Å². The van der Waals surface area contributed by atoms with Gasteiger partial charge in [-0.05, 0) is 12.1 Å². The Morgan fingerprint density at radius 1 is 1.39 bits per heavy atom. The number of halogens is 1. The van der Waals surface area contributed by atoms with Crippen LogP contribution in [0.15, 0.2) is 24.3 Å². The van der Waals surface area contributed by atoms with Crippen molar-refractivity contribution in [1.82, 2.24) is 10.2 Å². The molecule has 18 heavy (non-hydrogen) atoms. The SMILES string of the molecule is CN(CC(=O)N1CCNCC1)c1ccccc1F. The number of rotatable bonds is 3. The second kappa shape index (κ2) is 5.82. The summed E-state index contributed by atoms with van der Waals surface area (Å²) in [5.41, 5.74) is 0.459. The number of carbonyl (C=O) groups excluding carboxylic acids is 1. The summed E-state index contributed by atoms with van der Waals surface area (Å²) in [5, 5.41) is 3.20. The Morgan fingerprint density at radius 2 is 2.06 bits per heavy atom. The first kappa shape index (κ1) is 12.8. The number of para-hydroxylation sites is 1. The molecule has 1 saturated heterocycles. The molecule has 0 radical (unpaired) electrons. The first-order valence-electron chi connectivity index (χ1n) is 6.12. The van der Waals surface area contributed by atoms with Crippen LogP contribution in [0.2, 0.25) is 0 Å². The van der Waals surface area contributed by atoms with Gasteiger partial charge in [-0.15, -0.1) is 0 Å². The van der Waals surface area contributed by atoms with Crippen LogP contribution in [0.3, 0.4) is 0 Å². The van der Waals surface area contributed by atoms with Crippen molar-refractivity contribution >= 4 is 11.6 Å². The highest BCUT2D eigenvalue weighted by molar-refractivity contribution is 5.81. The van der Waals surface area contributed by atoms with Crippen LogP contribution in [-0.2, 0) is 4.79 Å². The van der Waals surface area contributed by atoms with Crippen LogP contribution in [0.1, 0.15) is 0 Å². The number of benzene rings is 1. The van der Waals surface area contributed by atoms with Crippen LogP contribution < -0.4 is 10.2 Å². The molecule has 1 aromatic carbocycles. The molecule has 2 rings (SSSR count). The van der Waals surface area contributed by atoms with Gasteiger partial charge in [-0.25, -0.2) is 4.39 Å². The number of amides is 1. The number of likely N-dealkylation sites (N-methyl/N-ethyl adjacent to an activating group) is 1. The summed E-state index contributed by atoms with van der Waals surface area (Å²) in [4.78, 5) is 15.5. The number of hydrogen-bond donors (Lipinski definition) is 1. The Morgan fingerprint density at radius 3 is 2.72 bits per heavy atom. The lowest BCUT2D eigenvalue weighted by Gasteiger charge is -2.29. The summed E-state index contributed by atoms with van der Waals surface area (Å²) in [6, 6.07) is 6.50. The van der Waals surface area contributed by atoms with E-state index in [2.05, 4.69) is 5.32 Å². The van der Waals surface area contributed by atoms with E-state index in [0.717, 1.165) is 26.2 Å². The van der Waals surface area contributed by atoms with Crippen LogP contribution >= 0.6 is 0 Å². The molecule has 1 aromatic rings. The van der Waals surface area contributed by atoms with Gasteiger partial charge < -0.3 is 15.1 Å². The summed E-state index contributed by atoms with van der Waals surface area (Å²) in [6.07, 6.45) is 0. The highest BCUT2D eigenvalue weighted by atomic mass is 19.1. The molecule has 1 heterocycles. The Bertz CT molecular complexity index is 418. The predicted octanol–water partition coefficient (Wildman–Crippen LogP) is 0.694. The van der Waals surface area contributed by atoms with Crippen molar-refractivity contribution in [2.24, 2.45) is 0 Å². The van der Waals surface area contributed by atoms with Crippen molar-refractivity contribution in [2.75, 3.05) is 44.7 Å². The van der Waals surface area contributed by atoms with Gasteiger partial charge in [0.25, 0.3) is 0 Å². The highest BCUT2D eigenvalue weighted by Gasteiger charge is 2.18. The van der Waals surface area contributed by atoms with Gasteiger partial charge in [0.05, 0.1) is 12.2 Å². The van der Waals surface area contributed by atoms with Gasteiger partial charge in [0.2, 0.25) is 5.91 Å². The molecule has 1 amide bonds. The van der Waals surface area contributed by atoms with E-state index in [0.29, 0.717) is 5.69 Å². The molecule has 5 heteroatoms. The van der Waals surface area contributed by atoms with Crippen LogP contribution in [0.5, 0.6) is 0 Å². The molecular weight excluding hydrogens is 233 g/mol. The fourth-order valence-corrected chi connectivity index (χ4v) is 2.06. The third-order valence-corrected chi connectivity index (χ3v) is 3.11. The molecule has 0 spiro atoms. The second-order valence-electron chi connectivity index (χ2n) is 4.44. The summed E-state index contributed by atoms with van der Waals surface area (Å²) >= 11 is 0. The number of hydrogen-bond acceptors (Lipinski definition) is 3. The van der Waals surface area contributed by atoms with Gasteiger partial charge in [-0.1, -0.05) is 12.1 Å². The van der Waals surface area contributed by atoms with Gasteiger partial charge in [0, 0.05) is 33.2 Å². The monoisotopic (exact) mass is 251 g/mol. The lowest BCUT2D eigenvalue weighted by Crippen LogP contribution is -2.49. The fourth-order valence-electron chi connectivity index (χ4n) is 2.06. The Hall–Kier alpha value is -1.62. The predicted molar refractivity (Wildman–Crippen MR) is 69.1 cm³/mol. The Labute approximate surface area is 106 Å². The Balaban J connectivity index is 1.96. The van der Waals surface area contributed by atoms with E-state index in [1.807, 2.05) is 4.90 Å². The molecule has 0 saturated carbocycles. The zero-order valence-corrected chi connectivity index (χ0v) is 10.5. The van der Waals surface area contributed by atoms with Gasteiger partial charge in [-0.3, -0.25) is 4.79 Å². The third kappa shape index (κ3) is 2.98. The van der Waals surface area contributed by atoms with Crippen LogP contribution in [0.4, 0.5) is 10.1 Å². The topological polar surface area (TPSA) is 35.6 Å². The van der Waals surface area contributed by atoms with E-state index in [1.165, 1.54) is 6.07 Å². The molecule has 1 aliphatic rings. The van der Waals surface area contributed by atoms with Crippen molar-refractivity contribution in [3.8, 4) is 0 Å². The second-order valence-corrected chi connectivity index (χ2v) is 4.44. The summed E-state index contributed by atoms with van der Waals surface area (Å²) in [5.74, 6) is -0.254. The smallest absolute Gasteiger partial charge is 0.242 e. The summed E-state index contributed by atoms with van der Waals surface area (Å²) < 4.78 is 13.6. The van der Waals surface area contributed by atoms with E-state index < -0.39 is 0 Å². The number of piperazine rings is 1. The standard InChI is InChI=1S/C13H18FN3O/c1-16(12-5-3-2-4-11(12)14)10-13(18)17-8-6-15-7-9-17/h2-5,15H,6-10H2,1H3. The molecule has 0 bridgehead atoms. The zero-order chi connectivity index (χ0) is 13.0. The van der Waals surface area contributed by atoms with E-state index in [-0.39, 0.29) is 18.3 Å². The molecule has 98 valence electrons. The zero-order valence-electron chi connectivity index (χ0n) is 10.5. The number of nitrogens with one attached hydrogen (secondary N) is 1. The summed E-state index contributed by atoms with van der Waals surface area (Å²) in [6.45, 7) is 3.32. The van der Waals surface area contributed by atoms with Crippen molar-refractivity contribution in [3.05, 3.63) is 30.1 Å². The van der Waals surface area contributed by atoms with E-state index in [4.69, 9.17) is 0 Å². The lowest BCUT2D eigenvalue weighted by atomic mass is 10.2. The average Bonchev–Trinajstić information content (AvgIpc) is 2.40. The van der Waals surface area contributed by atoms with Crippen LogP contribution in [0, 0.1) is 5.82 Å². The van der Waals surface area contributed by atoms with Crippen LogP contribution in [-0.4, -0.2) is 50.6 Å². The maximum absolute atomic E-state index is 13.6. The van der Waals surface area contributed by atoms with Crippen molar-refractivity contribution in [1.29, 1.82) is 0 Å². The molecule has 0 unspecified atom stereocenters. The molecule has 1 N–H and O–H groups in total. The minimum absolute atomic E-state index is 0.0438. The lowest BCUT2D eigenvalue weighted by molar-refractivity contribution is -0.130. The molecule has 0 aromatic heterocycles. The van der Waals surface area contributed by atoms with Crippen molar-refractivity contribution in [2.45, 2.75) is 0 Å². The highest BCUT2D eigenvalue weighted by Crippen LogP contribution is 2.16. The van der Waals surface area contributed by atoms with E-state index in [1.54, 1.807) is 30.1 Å². The van der Waals surface area contributed by atoms with Gasteiger partial charge in [-0.2, -0.15) is 0 Å². The minimum atomic E-state index is -0.298. The molecule has 0 aliphatic carbocycles. The number of nitrogens with zero attached hydrogens (tertiary/aromatic N) is 2. The number of carbonyl (C=O) groups is 1. The Kier molecular flexibility index (Phi) is 4.15. The van der Waals surface area contributed by atoms with Crippen molar-refractivity contribution < 1.29 is 9.18 Å². The molecule has 0 atom stereocenters. The molecule has 1 aliphatic heterocycles. The van der Waals surface area contributed by atoms with E-state index >= 15 is 0 Å². The fraction of sp³-hybridized carbons (Fsp3) is 0.462.